The van der Waals surface area contributed by atoms with Crippen molar-refractivity contribution in [3.05, 3.63) is 35.8 Å². The molecule has 0 saturated carbocycles. The predicted octanol–water partition coefficient (Wildman–Crippen LogP) is 3.31. The molecule has 0 radical (unpaired) electrons. The van der Waals surface area contributed by atoms with Crippen LogP contribution in [0.25, 0.3) is 0 Å². The van der Waals surface area contributed by atoms with Crippen molar-refractivity contribution in [3.63, 3.8) is 0 Å². The van der Waals surface area contributed by atoms with Gasteiger partial charge in [-0.25, -0.2) is 4.98 Å². The molecule has 0 aliphatic heterocycles. The van der Waals surface area contributed by atoms with E-state index >= 15 is 0 Å². The Morgan fingerprint density at radius 2 is 1.96 bits per heavy atom. The lowest BCUT2D eigenvalue weighted by Gasteiger charge is -2.17. The summed E-state index contributed by atoms with van der Waals surface area (Å²) in [6.07, 6.45) is -1.58. The van der Waals surface area contributed by atoms with Crippen molar-refractivity contribution < 1.29 is 22.7 Å². The lowest BCUT2D eigenvalue weighted by molar-refractivity contribution is -0.154. The summed E-state index contributed by atoms with van der Waals surface area (Å²) in [5.74, 6) is -0.545. The summed E-state index contributed by atoms with van der Waals surface area (Å²) in [5, 5.41) is 6.97. The Morgan fingerprint density at radius 1 is 1.28 bits per heavy atom. The van der Waals surface area contributed by atoms with Gasteiger partial charge in [0.2, 0.25) is 5.88 Å². The molecule has 2 aromatic heterocycles. The van der Waals surface area contributed by atoms with Crippen LogP contribution >= 0.6 is 0 Å². The maximum absolute atomic E-state index is 12.5. The van der Waals surface area contributed by atoms with Crippen LogP contribution in [0, 0.1) is 0 Å². The van der Waals surface area contributed by atoms with E-state index in [9.17, 15) is 18.0 Å². The van der Waals surface area contributed by atoms with Crippen LogP contribution in [0.15, 0.2) is 24.5 Å². The van der Waals surface area contributed by atoms with Crippen LogP contribution in [-0.2, 0) is 12.5 Å². The van der Waals surface area contributed by atoms with E-state index < -0.39 is 12.8 Å². The maximum Gasteiger partial charge on any atom is 0.422 e. The molecule has 0 bridgehead atoms. The first kappa shape index (κ1) is 18.8. The standard InChI is InChI=1S/C16H19F3N4O2/c1-15(2,3)13-11(8-23(4)22-13)14(24)21-10-5-6-12(20-7-10)25-9-16(17,18)19/h5-8H,9H2,1-4H3,(H,21,24). The Bertz CT molecular complexity index is 746. The van der Waals surface area contributed by atoms with Gasteiger partial charge in [-0.3, -0.25) is 9.48 Å². The Hall–Kier alpha value is -2.58. The van der Waals surface area contributed by atoms with Crippen LogP contribution in [0.2, 0.25) is 0 Å². The minimum Gasteiger partial charge on any atom is -0.468 e. The number of rotatable bonds is 4. The van der Waals surface area contributed by atoms with Crippen molar-refractivity contribution in [2.45, 2.75) is 32.4 Å². The van der Waals surface area contributed by atoms with Gasteiger partial charge in [-0.05, 0) is 6.07 Å². The third-order valence-corrected chi connectivity index (χ3v) is 3.16. The quantitative estimate of drug-likeness (QED) is 0.913. The van der Waals surface area contributed by atoms with E-state index in [2.05, 4.69) is 20.1 Å². The van der Waals surface area contributed by atoms with Gasteiger partial charge in [-0.15, -0.1) is 0 Å². The summed E-state index contributed by atoms with van der Waals surface area (Å²) >= 11 is 0. The maximum atomic E-state index is 12.5. The van der Waals surface area contributed by atoms with Crippen LogP contribution in [0.5, 0.6) is 5.88 Å². The average molecular weight is 356 g/mol. The molecule has 0 atom stereocenters. The molecule has 25 heavy (non-hydrogen) atoms. The number of alkyl halides is 3. The molecule has 0 unspecified atom stereocenters. The number of ether oxygens (including phenoxy) is 1. The summed E-state index contributed by atoms with van der Waals surface area (Å²) in [5.41, 5.74) is 1.09. The van der Waals surface area contributed by atoms with Gasteiger partial charge in [0.1, 0.15) is 0 Å². The second-order valence-electron chi connectivity index (χ2n) is 6.56. The molecule has 0 saturated heterocycles. The molecule has 1 N–H and O–H groups in total. The fourth-order valence-corrected chi connectivity index (χ4v) is 2.10. The Labute approximate surface area is 143 Å². The van der Waals surface area contributed by atoms with E-state index in [-0.39, 0.29) is 17.2 Å². The molecule has 0 aromatic carbocycles. The number of hydrogen-bond acceptors (Lipinski definition) is 4. The van der Waals surface area contributed by atoms with E-state index in [0.29, 0.717) is 16.9 Å². The normalized spacial score (nSPS) is 12.1. The lowest BCUT2D eigenvalue weighted by Crippen LogP contribution is -2.20. The zero-order chi connectivity index (χ0) is 18.8. The van der Waals surface area contributed by atoms with Crippen molar-refractivity contribution in [1.82, 2.24) is 14.8 Å². The minimum absolute atomic E-state index is 0.174. The number of pyridine rings is 1. The second-order valence-corrected chi connectivity index (χ2v) is 6.56. The molecular weight excluding hydrogens is 337 g/mol. The highest BCUT2D eigenvalue weighted by Gasteiger charge is 2.29. The van der Waals surface area contributed by atoms with Crippen molar-refractivity contribution in [3.8, 4) is 5.88 Å². The monoisotopic (exact) mass is 356 g/mol. The number of amides is 1. The smallest absolute Gasteiger partial charge is 0.422 e. The van der Waals surface area contributed by atoms with Gasteiger partial charge in [0.05, 0.1) is 23.1 Å². The molecule has 0 aliphatic rings. The predicted molar refractivity (Wildman–Crippen MR) is 85.6 cm³/mol. The first-order valence-electron chi connectivity index (χ1n) is 7.47. The number of hydrogen-bond donors (Lipinski definition) is 1. The molecule has 9 heteroatoms. The zero-order valence-corrected chi connectivity index (χ0v) is 14.3. The molecule has 136 valence electrons. The number of carbonyl (C=O) groups is 1. The highest BCUT2D eigenvalue weighted by molar-refractivity contribution is 6.05. The Balaban J connectivity index is 2.09. The number of carbonyl (C=O) groups excluding carboxylic acids is 1. The Morgan fingerprint density at radius 3 is 2.48 bits per heavy atom. The van der Waals surface area contributed by atoms with Crippen LogP contribution in [-0.4, -0.2) is 33.5 Å². The number of nitrogens with one attached hydrogen (secondary N) is 1. The fraction of sp³-hybridized carbons (Fsp3) is 0.438. The van der Waals surface area contributed by atoms with E-state index in [1.807, 2.05) is 20.8 Å². The van der Waals surface area contributed by atoms with Crippen molar-refractivity contribution in [2.24, 2.45) is 7.05 Å². The number of aromatic nitrogens is 3. The first-order valence-corrected chi connectivity index (χ1v) is 7.47. The van der Waals surface area contributed by atoms with Gasteiger partial charge < -0.3 is 10.1 Å². The number of anilines is 1. The average Bonchev–Trinajstić information content (AvgIpc) is 2.88. The lowest BCUT2D eigenvalue weighted by atomic mass is 9.89. The van der Waals surface area contributed by atoms with Crippen LogP contribution in [0.3, 0.4) is 0 Å². The molecule has 6 nitrogen and oxygen atoms in total. The fourth-order valence-electron chi connectivity index (χ4n) is 2.10. The molecule has 1 amide bonds. The van der Waals surface area contributed by atoms with Gasteiger partial charge in [-0.1, -0.05) is 20.8 Å². The molecule has 0 aliphatic carbocycles. The van der Waals surface area contributed by atoms with Gasteiger partial charge in [-0.2, -0.15) is 18.3 Å². The van der Waals surface area contributed by atoms with E-state index in [1.165, 1.54) is 18.3 Å². The van der Waals surface area contributed by atoms with Crippen molar-refractivity contribution >= 4 is 11.6 Å². The SMILES string of the molecule is Cn1cc(C(=O)Nc2ccc(OCC(F)(F)F)nc2)c(C(C)(C)C)n1. The molecule has 2 aromatic rings. The second kappa shape index (κ2) is 6.73. The van der Waals surface area contributed by atoms with E-state index in [0.717, 1.165) is 0 Å². The van der Waals surface area contributed by atoms with Crippen LogP contribution in [0.1, 0.15) is 36.8 Å². The summed E-state index contributed by atoms with van der Waals surface area (Å²) in [4.78, 5) is 16.2. The van der Waals surface area contributed by atoms with Crippen molar-refractivity contribution in [2.75, 3.05) is 11.9 Å². The Kier molecular flexibility index (Phi) is 5.05. The van der Waals surface area contributed by atoms with Crippen molar-refractivity contribution in [1.29, 1.82) is 0 Å². The molecule has 0 spiro atoms. The number of nitrogens with zero attached hydrogens (tertiary/aromatic N) is 3. The zero-order valence-electron chi connectivity index (χ0n) is 14.3. The van der Waals surface area contributed by atoms with Gasteiger partial charge in [0.25, 0.3) is 5.91 Å². The number of aryl methyl sites for hydroxylation is 1. The highest BCUT2D eigenvalue weighted by Crippen LogP contribution is 2.25. The molecule has 2 rings (SSSR count). The van der Waals surface area contributed by atoms with Gasteiger partial charge >= 0.3 is 6.18 Å². The summed E-state index contributed by atoms with van der Waals surface area (Å²) < 4.78 is 42.4. The molecular formula is C16H19F3N4O2. The van der Waals surface area contributed by atoms with Crippen LogP contribution in [0.4, 0.5) is 18.9 Å². The van der Waals surface area contributed by atoms with Gasteiger partial charge in [0.15, 0.2) is 6.61 Å². The third kappa shape index (κ3) is 5.20. The van der Waals surface area contributed by atoms with E-state index in [4.69, 9.17) is 0 Å². The van der Waals surface area contributed by atoms with E-state index in [1.54, 1.807) is 17.9 Å². The first-order chi connectivity index (χ1) is 11.5. The number of halogens is 3. The summed E-state index contributed by atoms with van der Waals surface area (Å²) in [7, 11) is 1.72. The summed E-state index contributed by atoms with van der Waals surface area (Å²) in [6.45, 7) is 4.41. The van der Waals surface area contributed by atoms with Gasteiger partial charge in [0, 0.05) is 24.7 Å². The minimum atomic E-state index is -4.43. The topological polar surface area (TPSA) is 69.0 Å². The summed E-state index contributed by atoms with van der Waals surface area (Å²) in [6, 6.07) is 2.68. The third-order valence-electron chi connectivity index (χ3n) is 3.16. The molecule has 0 fully saturated rings. The van der Waals surface area contributed by atoms with Crippen LogP contribution < -0.4 is 10.1 Å². The molecule has 2 heterocycles. The largest absolute Gasteiger partial charge is 0.468 e. The highest BCUT2D eigenvalue weighted by atomic mass is 19.4.